The van der Waals surface area contributed by atoms with Crippen LogP contribution >= 0.6 is 0 Å². The largest absolute Gasteiger partial charge is 0.437 e. The summed E-state index contributed by atoms with van der Waals surface area (Å²) in [6.07, 6.45) is 4.55. The van der Waals surface area contributed by atoms with E-state index in [1.54, 1.807) is 12.4 Å². The minimum Gasteiger partial charge on any atom is -0.437 e. The number of nitrogens with one attached hydrogen (secondary N) is 1. The normalized spacial score (nSPS) is 10.9. The van der Waals surface area contributed by atoms with Crippen molar-refractivity contribution in [3.8, 4) is 11.6 Å². The molecule has 0 aliphatic carbocycles. The van der Waals surface area contributed by atoms with E-state index in [1.807, 2.05) is 18.2 Å². The lowest BCUT2D eigenvalue weighted by Crippen LogP contribution is -2.14. The smallest absolute Gasteiger partial charge is 0.219 e. The van der Waals surface area contributed by atoms with Crippen LogP contribution in [0.15, 0.2) is 36.7 Å². The van der Waals surface area contributed by atoms with Crippen LogP contribution in [0.5, 0.6) is 11.6 Å². The van der Waals surface area contributed by atoms with Gasteiger partial charge in [-0.1, -0.05) is 20.8 Å². The summed E-state index contributed by atoms with van der Waals surface area (Å²) in [5.74, 6) is 1.70. The fourth-order valence-corrected chi connectivity index (χ4v) is 1.97. The fourth-order valence-electron chi connectivity index (χ4n) is 1.97. The highest BCUT2D eigenvalue weighted by atomic mass is 16.5. The lowest BCUT2D eigenvalue weighted by atomic mass is 10.1. The number of rotatable bonds is 7. The molecule has 2 heterocycles. The minimum absolute atomic E-state index is 0.368. The molecule has 0 bridgehead atoms. The summed E-state index contributed by atoms with van der Waals surface area (Å²) in [7, 11) is 0. The average Bonchev–Trinajstić information content (AvgIpc) is 2.48. The number of pyridine rings is 2. The SMILES string of the molecule is CCCNCc1cc(Oc2cccnc2)nc(C(C)C)c1. The number of nitrogens with zero attached hydrogens (tertiary/aromatic N) is 2. The van der Waals surface area contributed by atoms with Crippen molar-refractivity contribution in [2.24, 2.45) is 0 Å². The summed E-state index contributed by atoms with van der Waals surface area (Å²) in [6, 6.07) is 7.86. The Labute approximate surface area is 126 Å². The van der Waals surface area contributed by atoms with Gasteiger partial charge >= 0.3 is 0 Å². The van der Waals surface area contributed by atoms with Crippen LogP contribution in [0.4, 0.5) is 0 Å². The van der Waals surface area contributed by atoms with Crippen molar-refractivity contribution in [1.82, 2.24) is 15.3 Å². The number of hydrogen-bond donors (Lipinski definition) is 1. The maximum atomic E-state index is 5.81. The van der Waals surface area contributed by atoms with Crippen LogP contribution in [-0.2, 0) is 6.54 Å². The van der Waals surface area contributed by atoms with Gasteiger partial charge in [0.25, 0.3) is 0 Å². The predicted molar refractivity (Wildman–Crippen MR) is 84.6 cm³/mol. The van der Waals surface area contributed by atoms with E-state index in [2.05, 4.69) is 42.1 Å². The Morgan fingerprint density at radius 1 is 1.29 bits per heavy atom. The summed E-state index contributed by atoms with van der Waals surface area (Å²) in [5, 5.41) is 3.41. The molecule has 0 radical (unpaired) electrons. The maximum absolute atomic E-state index is 5.81. The predicted octanol–water partition coefficient (Wildman–Crippen LogP) is 3.89. The second-order valence-electron chi connectivity index (χ2n) is 5.36. The molecule has 2 aromatic heterocycles. The number of aromatic nitrogens is 2. The molecule has 0 saturated heterocycles. The molecule has 1 N–H and O–H groups in total. The lowest BCUT2D eigenvalue weighted by molar-refractivity contribution is 0.456. The van der Waals surface area contributed by atoms with Gasteiger partial charge in [-0.15, -0.1) is 0 Å². The minimum atomic E-state index is 0.368. The van der Waals surface area contributed by atoms with Gasteiger partial charge in [0.1, 0.15) is 5.75 Å². The molecule has 0 atom stereocenters. The van der Waals surface area contributed by atoms with Crippen molar-refractivity contribution < 1.29 is 4.74 Å². The monoisotopic (exact) mass is 285 g/mol. The van der Waals surface area contributed by atoms with Gasteiger partial charge in [0.05, 0.1) is 6.20 Å². The van der Waals surface area contributed by atoms with E-state index in [0.717, 1.165) is 25.2 Å². The number of hydrogen-bond acceptors (Lipinski definition) is 4. The zero-order valence-electron chi connectivity index (χ0n) is 13.0. The average molecular weight is 285 g/mol. The Morgan fingerprint density at radius 3 is 2.81 bits per heavy atom. The zero-order valence-corrected chi connectivity index (χ0v) is 13.0. The molecule has 0 amide bonds. The van der Waals surface area contributed by atoms with Gasteiger partial charge < -0.3 is 10.1 Å². The molecule has 0 saturated carbocycles. The van der Waals surface area contributed by atoms with Crippen LogP contribution < -0.4 is 10.1 Å². The van der Waals surface area contributed by atoms with Crippen LogP contribution in [0.3, 0.4) is 0 Å². The summed E-state index contributed by atoms with van der Waals surface area (Å²) in [4.78, 5) is 8.64. The molecule has 0 fully saturated rings. The van der Waals surface area contributed by atoms with Crippen LogP contribution in [0, 0.1) is 0 Å². The topological polar surface area (TPSA) is 47.0 Å². The molecule has 4 heteroatoms. The Bertz CT molecular complexity index is 555. The Morgan fingerprint density at radius 2 is 2.14 bits per heavy atom. The molecule has 112 valence electrons. The van der Waals surface area contributed by atoms with Gasteiger partial charge in [0, 0.05) is 24.5 Å². The molecule has 21 heavy (non-hydrogen) atoms. The van der Waals surface area contributed by atoms with Crippen molar-refractivity contribution in [2.45, 2.75) is 39.7 Å². The third-order valence-corrected chi connectivity index (χ3v) is 3.09. The van der Waals surface area contributed by atoms with Crippen molar-refractivity contribution in [1.29, 1.82) is 0 Å². The first-order chi connectivity index (χ1) is 10.2. The molecular formula is C17H23N3O. The third-order valence-electron chi connectivity index (χ3n) is 3.09. The van der Waals surface area contributed by atoms with Crippen molar-refractivity contribution in [2.75, 3.05) is 6.54 Å². The van der Waals surface area contributed by atoms with Gasteiger partial charge in [-0.2, -0.15) is 0 Å². The van der Waals surface area contributed by atoms with Gasteiger partial charge in [-0.3, -0.25) is 4.98 Å². The van der Waals surface area contributed by atoms with E-state index in [0.29, 0.717) is 17.5 Å². The zero-order chi connectivity index (χ0) is 15.1. The van der Waals surface area contributed by atoms with Gasteiger partial charge in [-0.25, -0.2) is 4.98 Å². The molecule has 0 aromatic carbocycles. The summed E-state index contributed by atoms with van der Waals surface area (Å²) in [5.41, 5.74) is 2.24. The van der Waals surface area contributed by atoms with Crippen LogP contribution in [0.1, 0.15) is 44.4 Å². The van der Waals surface area contributed by atoms with Gasteiger partial charge in [0.2, 0.25) is 5.88 Å². The fraction of sp³-hybridized carbons (Fsp3) is 0.412. The molecular weight excluding hydrogens is 262 g/mol. The van der Waals surface area contributed by atoms with E-state index < -0.39 is 0 Å². The van der Waals surface area contributed by atoms with Crippen LogP contribution in [-0.4, -0.2) is 16.5 Å². The van der Waals surface area contributed by atoms with Crippen molar-refractivity contribution in [3.63, 3.8) is 0 Å². The lowest BCUT2D eigenvalue weighted by Gasteiger charge is -2.12. The van der Waals surface area contributed by atoms with Gasteiger partial charge in [0.15, 0.2) is 0 Å². The second-order valence-corrected chi connectivity index (χ2v) is 5.36. The summed E-state index contributed by atoms with van der Waals surface area (Å²) in [6.45, 7) is 8.28. The summed E-state index contributed by atoms with van der Waals surface area (Å²) < 4.78 is 5.81. The number of ether oxygens (including phenoxy) is 1. The second kappa shape index (κ2) is 7.74. The van der Waals surface area contributed by atoms with E-state index in [9.17, 15) is 0 Å². The van der Waals surface area contributed by atoms with E-state index in [-0.39, 0.29) is 0 Å². The van der Waals surface area contributed by atoms with Crippen LogP contribution in [0.25, 0.3) is 0 Å². The van der Waals surface area contributed by atoms with Crippen molar-refractivity contribution >= 4 is 0 Å². The highest BCUT2D eigenvalue weighted by Crippen LogP contribution is 2.23. The first kappa shape index (κ1) is 15.4. The third kappa shape index (κ3) is 4.83. The molecule has 0 aliphatic heterocycles. The molecule has 4 nitrogen and oxygen atoms in total. The molecule has 0 aliphatic rings. The Hall–Kier alpha value is -1.94. The van der Waals surface area contributed by atoms with Gasteiger partial charge in [-0.05, 0) is 42.6 Å². The molecule has 2 aromatic rings. The Balaban J connectivity index is 2.18. The molecule has 2 rings (SSSR count). The first-order valence-corrected chi connectivity index (χ1v) is 7.48. The van der Waals surface area contributed by atoms with Crippen molar-refractivity contribution in [3.05, 3.63) is 47.9 Å². The maximum Gasteiger partial charge on any atom is 0.219 e. The van der Waals surface area contributed by atoms with E-state index in [4.69, 9.17) is 4.74 Å². The standard InChI is InChI=1S/C17H23N3O/c1-4-7-18-11-14-9-16(13(2)3)20-17(10-14)21-15-6-5-8-19-12-15/h5-6,8-10,12-13,18H,4,7,11H2,1-3H3. The first-order valence-electron chi connectivity index (χ1n) is 7.48. The summed E-state index contributed by atoms with van der Waals surface area (Å²) >= 11 is 0. The molecule has 0 spiro atoms. The highest BCUT2D eigenvalue weighted by molar-refractivity contribution is 5.30. The molecule has 0 unspecified atom stereocenters. The quantitative estimate of drug-likeness (QED) is 0.784. The van der Waals surface area contributed by atoms with E-state index >= 15 is 0 Å². The van der Waals surface area contributed by atoms with Crippen LogP contribution in [0.2, 0.25) is 0 Å². The highest BCUT2D eigenvalue weighted by Gasteiger charge is 2.08. The van der Waals surface area contributed by atoms with E-state index in [1.165, 1.54) is 5.56 Å². The Kier molecular flexibility index (Phi) is 5.69.